The van der Waals surface area contributed by atoms with Crippen LogP contribution in [0.4, 0.5) is 0 Å². The van der Waals surface area contributed by atoms with Crippen LogP contribution < -0.4 is 10.6 Å². The topological polar surface area (TPSA) is 62.5 Å². The number of nitrogens with one attached hydrogen (secondary N) is 2. The van der Waals surface area contributed by atoms with Gasteiger partial charge in [0.05, 0.1) is 11.4 Å². The van der Waals surface area contributed by atoms with E-state index in [4.69, 9.17) is 4.42 Å². The lowest BCUT2D eigenvalue weighted by Crippen LogP contribution is -2.39. The number of oxazole rings is 1. The van der Waals surface area contributed by atoms with Gasteiger partial charge >= 0.3 is 0 Å². The van der Waals surface area contributed by atoms with Gasteiger partial charge in [-0.2, -0.15) is 0 Å². The van der Waals surface area contributed by atoms with Crippen molar-refractivity contribution in [2.45, 2.75) is 27.3 Å². The van der Waals surface area contributed by atoms with Crippen molar-refractivity contribution in [3.8, 4) is 10.8 Å². The van der Waals surface area contributed by atoms with Crippen molar-refractivity contribution in [2.24, 2.45) is 10.9 Å². The average Bonchev–Trinajstić information content (AvgIpc) is 3.11. The van der Waals surface area contributed by atoms with Gasteiger partial charge in [-0.1, -0.05) is 19.9 Å². The van der Waals surface area contributed by atoms with Crippen molar-refractivity contribution >= 4 is 41.3 Å². The van der Waals surface area contributed by atoms with Crippen LogP contribution in [-0.4, -0.2) is 24.0 Å². The number of rotatable bonds is 6. The van der Waals surface area contributed by atoms with Gasteiger partial charge in [0.25, 0.3) is 0 Å². The largest absolute Gasteiger partial charge is 0.443 e. The molecule has 0 radical (unpaired) electrons. The summed E-state index contributed by atoms with van der Waals surface area (Å²) in [6.45, 7) is 8.62. The lowest BCUT2D eigenvalue weighted by Gasteiger charge is -2.12. The summed E-state index contributed by atoms with van der Waals surface area (Å²) < 4.78 is 5.49. The SMILES string of the molecule is CCNC(=NCc1coc(-c2cccs2)n1)NCC(C)C.I. The van der Waals surface area contributed by atoms with Crippen molar-refractivity contribution in [2.75, 3.05) is 13.1 Å². The lowest BCUT2D eigenvalue weighted by atomic mass is 10.2. The quantitative estimate of drug-likeness (QED) is 0.413. The first kappa shape index (κ1) is 19.0. The molecule has 5 nitrogen and oxygen atoms in total. The highest BCUT2D eigenvalue weighted by atomic mass is 127. The number of aliphatic imine (C=N–C) groups is 1. The van der Waals surface area contributed by atoms with E-state index in [2.05, 4.69) is 41.4 Å². The van der Waals surface area contributed by atoms with Crippen molar-refractivity contribution < 1.29 is 4.42 Å². The third-order valence-electron chi connectivity index (χ3n) is 2.70. The minimum atomic E-state index is 0. The molecular weight excluding hydrogens is 411 g/mol. The Labute approximate surface area is 152 Å². The molecule has 2 aromatic rings. The zero-order valence-corrected chi connectivity index (χ0v) is 16.3. The molecule has 0 saturated carbocycles. The molecule has 22 heavy (non-hydrogen) atoms. The minimum absolute atomic E-state index is 0. The Hall–Kier alpha value is -1.09. The summed E-state index contributed by atoms with van der Waals surface area (Å²) in [7, 11) is 0. The predicted octanol–water partition coefficient (Wildman–Crippen LogP) is 3.73. The Morgan fingerprint density at radius 1 is 1.41 bits per heavy atom. The zero-order valence-electron chi connectivity index (χ0n) is 13.1. The van der Waals surface area contributed by atoms with Crippen molar-refractivity contribution in [3.05, 3.63) is 29.5 Å². The van der Waals surface area contributed by atoms with Crippen LogP contribution in [0.2, 0.25) is 0 Å². The second-order valence-electron chi connectivity index (χ2n) is 5.09. The van der Waals surface area contributed by atoms with Crippen molar-refractivity contribution in [3.63, 3.8) is 0 Å². The Morgan fingerprint density at radius 2 is 2.23 bits per heavy atom. The highest BCUT2D eigenvalue weighted by Crippen LogP contribution is 2.23. The minimum Gasteiger partial charge on any atom is -0.443 e. The third-order valence-corrected chi connectivity index (χ3v) is 3.56. The zero-order chi connectivity index (χ0) is 15.1. The number of hydrogen-bond acceptors (Lipinski definition) is 4. The molecule has 0 aliphatic rings. The van der Waals surface area contributed by atoms with Gasteiger partial charge in [0, 0.05) is 13.1 Å². The van der Waals surface area contributed by atoms with Crippen molar-refractivity contribution in [1.82, 2.24) is 15.6 Å². The maximum Gasteiger partial charge on any atom is 0.236 e. The Balaban J connectivity index is 0.00000242. The number of aromatic nitrogens is 1. The number of nitrogens with zero attached hydrogens (tertiary/aromatic N) is 2. The van der Waals surface area contributed by atoms with Crippen LogP contribution in [0.1, 0.15) is 26.5 Å². The summed E-state index contributed by atoms with van der Waals surface area (Å²) in [5.74, 6) is 2.05. The van der Waals surface area contributed by atoms with Crippen molar-refractivity contribution in [1.29, 1.82) is 0 Å². The van der Waals surface area contributed by atoms with E-state index in [0.717, 1.165) is 29.6 Å². The van der Waals surface area contributed by atoms with E-state index in [0.29, 0.717) is 18.4 Å². The summed E-state index contributed by atoms with van der Waals surface area (Å²) in [6.07, 6.45) is 1.67. The van der Waals surface area contributed by atoms with Crippen LogP contribution in [0, 0.1) is 5.92 Å². The lowest BCUT2D eigenvalue weighted by molar-refractivity contribution is 0.574. The van der Waals surface area contributed by atoms with E-state index in [1.807, 2.05) is 17.5 Å². The summed E-state index contributed by atoms with van der Waals surface area (Å²) >= 11 is 1.62. The van der Waals surface area contributed by atoms with Gasteiger partial charge in [-0.3, -0.25) is 0 Å². The van der Waals surface area contributed by atoms with Gasteiger partial charge in [-0.05, 0) is 24.3 Å². The molecular formula is C15H23IN4OS. The van der Waals surface area contributed by atoms with Crippen LogP contribution in [-0.2, 0) is 6.54 Å². The fourth-order valence-electron chi connectivity index (χ4n) is 1.70. The number of thiophene rings is 1. The first-order chi connectivity index (χ1) is 10.2. The van der Waals surface area contributed by atoms with Gasteiger partial charge in [0.1, 0.15) is 12.0 Å². The third kappa shape index (κ3) is 5.96. The van der Waals surface area contributed by atoms with E-state index in [-0.39, 0.29) is 24.0 Å². The molecule has 2 N–H and O–H groups in total. The van der Waals surface area contributed by atoms with Gasteiger partial charge in [-0.15, -0.1) is 35.3 Å². The molecule has 122 valence electrons. The Morgan fingerprint density at radius 3 is 2.86 bits per heavy atom. The second kappa shape index (κ2) is 9.83. The summed E-state index contributed by atoms with van der Waals surface area (Å²) in [5, 5.41) is 8.54. The smallest absolute Gasteiger partial charge is 0.236 e. The van der Waals surface area contributed by atoms with E-state index >= 15 is 0 Å². The molecule has 0 saturated heterocycles. The van der Waals surface area contributed by atoms with Crippen LogP contribution in [0.5, 0.6) is 0 Å². The standard InChI is InChI=1S/C15H22N4OS.HI/c1-4-16-15(17-8-11(2)3)18-9-12-10-20-14(19-12)13-6-5-7-21-13;/h5-7,10-11H,4,8-9H2,1-3H3,(H2,16,17,18);1H. The first-order valence-corrected chi connectivity index (χ1v) is 8.07. The van der Waals surface area contributed by atoms with Gasteiger partial charge in [0.2, 0.25) is 5.89 Å². The molecule has 0 atom stereocenters. The van der Waals surface area contributed by atoms with E-state index in [1.165, 1.54) is 0 Å². The molecule has 7 heteroatoms. The molecule has 0 amide bonds. The highest BCUT2D eigenvalue weighted by Gasteiger charge is 2.07. The van der Waals surface area contributed by atoms with E-state index < -0.39 is 0 Å². The maximum absolute atomic E-state index is 5.49. The van der Waals surface area contributed by atoms with Crippen LogP contribution in [0.15, 0.2) is 33.2 Å². The van der Waals surface area contributed by atoms with Gasteiger partial charge in [-0.25, -0.2) is 9.98 Å². The fraction of sp³-hybridized carbons (Fsp3) is 0.467. The number of halogens is 1. The predicted molar refractivity (Wildman–Crippen MR) is 103 cm³/mol. The van der Waals surface area contributed by atoms with Gasteiger partial charge in [0.15, 0.2) is 5.96 Å². The normalized spacial score (nSPS) is 11.4. The van der Waals surface area contributed by atoms with Crippen LogP contribution in [0.25, 0.3) is 10.8 Å². The van der Waals surface area contributed by atoms with E-state index in [1.54, 1.807) is 17.6 Å². The van der Waals surface area contributed by atoms with Crippen LogP contribution in [0.3, 0.4) is 0 Å². The fourth-order valence-corrected chi connectivity index (χ4v) is 2.35. The molecule has 2 heterocycles. The highest BCUT2D eigenvalue weighted by molar-refractivity contribution is 14.0. The number of guanidine groups is 1. The summed E-state index contributed by atoms with van der Waals surface area (Å²) in [4.78, 5) is 10.0. The molecule has 2 aromatic heterocycles. The molecule has 0 spiro atoms. The molecule has 0 fully saturated rings. The number of hydrogen-bond donors (Lipinski definition) is 2. The molecule has 0 aromatic carbocycles. The first-order valence-electron chi connectivity index (χ1n) is 7.19. The van der Waals surface area contributed by atoms with E-state index in [9.17, 15) is 0 Å². The molecule has 0 unspecified atom stereocenters. The summed E-state index contributed by atoms with van der Waals surface area (Å²) in [6, 6.07) is 3.99. The second-order valence-corrected chi connectivity index (χ2v) is 6.04. The monoisotopic (exact) mass is 434 g/mol. The molecule has 0 bridgehead atoms. The van der Waals surface area contributed by atoms with Gasteiger partial charge < -0.3 is 15.1 Å². The maximum atomic E-state index is 5.49. The summed E-state index contributed by atoms with van der Waals surface area (Å²) in [5.41, 5.74) is 0.833. The molecule has 0 aliphatic heterocycles. The molecule has 0 aliphatic carbocycles. The molecule has 2 rings (SSSR count). The Kier molecular flexibility index (Phi) is 8.47. The Bertz CT molecular complexity index is 566. The average molecular weight is 434 g/mol. The van der Waals surface area contributed by atoms with Crippen LogP contribution >= 0.6 is 35.3 Å².